The summed E-state index contributed by atoms with van der Waals surface area (Å²) < 4.78 is 5.20. The van der Waals surface area contributed by atoms with E-state index in [0.717, 1.165) is 4.90 Å². The Kier molecular flexibility index (Phi) is 16.3. The minimum Gasteiger partial charge on any atom is -0.481 e. The number of carbonyl (C=O) groups excluding carboxylic acids is 7. The topological polar surface area (TPSA) is 243 Å². The van der Waals surface area contributed by atoms with Gasteiger partial charge in [-0.1, -0.05) is 32.4 Å². The fraction of sp³-hybridized carbons (Fsp3) is 0.500. The van der Waals surface area contributed by atoms with E-state index < -0.39 is 48.2 Å². The average molecular weight is 673 g/mol. The van der Waals surface area contributed by atoms with Gasteiger partial charge >= 0.3 is 18.0 Å². The molecular formula is C32H44N6O10. The van der Waals surface area contributed by atoms with Crippen LogP contribution in [0.2, 0.25) is 0 Å². The Morgan fingerprint density at radius 1 is 0.833 bits per heavy atom. The van der Waals surface area contributed by atoms with Gasteiger partial charge in [-0.15, -0.1) is 0 Å². The molecule has 1 aliphatic rings. The van der Waals surface area contributed by atoms with E-state index in [1.54, 1.807) is 38.1 Å². The minimum absolute atomic E-state index is 0.00631. The molecule has 0 aliphatic carbocycles. The molecular weight excluding hydrogens is 628 g/mol. The van der Waals surface area contributed by atoms with Crippen LogP contribution in [-0.4, -0.2) is 82.7 Å². The van der Waals surface area contributed by atoms with Gasteiger partial charge in [-0.05, 0) is 49.8 Å². The van der Waals surface area contributed by atoms with Crippen molar-refractivity contribution in [2.45, 2.75) is 83.9 Å². The number of carboxylic acid groups (broad SMARTS) is 1. The number of rotatable bonds is 21. The first-order valence-electron chi connectivity index (χ1n) is 15.7. The zero-order valence-corrected chi connectivity index (χ0v) is 27.1. The number of benzene rings is 1. The number of anilines is 1. The lowest BCUT2D eigenvalue weighted by Crippen LogP contribution is -2.52. The molecule has 0 saturated carbocycles. The van der Waals surface area contributed by atoms with Crippen LogP contribution in [0.3, 0.4) is 0 Å². The van der Waals surface area contributed by atoms with E-state index in [9.17, 15) is 43.5 Å². The molecule has 2 rings (SSSR count). The molecule has 1 aromatic carbocycles. The number of nitrogens with one attached hydrogen (secondary N) is 4. The number of amides is 7. The second-order valence-corrected chi connectivity index (χ2v) is 11.5. The fourth-order valence-electron chi connectivity index (χ4n) is 4.48. The number of hydrogen-bond donors (Lipinski definition) is 6. The molecule has 16 heteroatoms. The number of hydrogen-bond acceptors (Lipinski definition) is 9. The van der Waals surface area contributed by atoms with Crippen molar-refractivity contribution in [3.05, 3.63) is 42.0 Å². The van der Waals surface area contributed by atoms with E-state index in [2.05, 4.69) is 21.3 Å². The lowest BCUT2D eigenvalue weighted by atomic mass is 10.1. The minimum atomic E-state index is -1.26. The van der Waals surface area contributed by atoms with Crippen molar-refractivity contribution in [3.63, 3.8) is 0 Å². The van der Waals surface area contributed by atoms with Gasteiger partial charge in [-0.25, -0.2) is 4.79 Å². The third kappa shape index (κ3) is 14.4. The maximum Gasteiger partial charge on any atom is 0.312 e. The summed E-state index contributed by atoms with van der Waals surface area (Å²) in [7, 11) is 0. The summed E-state index contributed by atoms with van der Waals surface area (Å²) >= 11 is 0. The third-order valence-electron chi connectivity index (χ3n) is 7.16. The number of unbranched alkanes of at least 4 members (excludes halogenated alkanes) is 2. The lowest BCUT2D eigenvalue weighted by Gasteiger charge is -2.23. The van der Waals surface area contributed by atoms with Crippen molar-refractivity contribution < 1.29 is 48.2 Å². The van der Waals surface area contributed by atoms with Crippen LogP contribution in [0.25, 0.3) is 0 Å². The van der Waals surface area contributed by atoms with Crippen LogP contribution in [0.15, 0.2) is 36.4 Å². The summed E-state index contributed by atoms with van der Waals surface area (Å²) in [6.07, 6.45) is 3.42. The Hall–Kier alpha value is -5.28. The Labute approximate surface area is 278 Å². The molecule has 2 atom stereocenters. The predicted molar refractivity (Wildman–Crippen MR) is 172 cm³/mol. The zero-order valence-electron chi connectivity index (χ0n) is 27.1. The highest BCUT2D eigenvalue weighted by molar-refractivity contribution is 6.12. The SMILES string of the molecule is CC(C)C(=O)OCc1ccc(NC(=O)[C@H](CCCNC(N)=O)NC(=O)[C@H](CCC(=O)O)NC(=O)CCCCCN2C(=O)C=CC2=O)cc1. The summed E-state index contributed by atoms with van der Waals surface area (Å²) in [5, 5.41) is 19.4. The molecule has 0 fully saturated rings. The highest BCUT2D eigenvalue weighted by atomic mass is 16.5. The summed E-state index contributed by atoms with van der Waals surface area (Å²) in [5.74, 6) is -4.47. The molecule has 1 heterocycles. The van der Waals surface area contributed by atoms with Crippen LogP contribution in [0.5, 0.6) is 0 Å². The number of carbonyl (C=O) groups is 8. The summed E-state index contributed by atoms with van der Waals surface area (Å²) in [6, 6.07) is 3.36. The van der Waals surface area contributed by atoms with Gasteiger partial charge in [0.25, 0.3) is 11.8 Å². The van der Waals surface area contributed by atoms with Crippen molar-refractivity contribution in [3.8, 4) is 0 Å². The van der Waals surface area contributed by atoms with E-state index >= 15 is 0 Å². The van der Waals surface area contributed by atoms with Gasteiger partial charge in [0.15, 0.2) is 0 Å². The van der Waals surface area contributed by atoms with Gasteiger partial charge in [0.05, 0.1) is 5.92 Å². The smallest absolute Gasteiger partial charge is 0.312 e. The summed E-state index contributed by atoms with van der Waals surface area (Å²) in [5.41, 5.74) is 6.18. The van der Waals surface area contributed by atoms with Crippen molar-refractivity contribution in [1.29, 1.82) is 0 Å². The van der Waals surface area contributed by atoms with Crippen molar-refractivity contribution in [1.82, 2.24) is 20.9 Å². The van der Waals surface area contributed by atoms with Crippen LogP contribution in [0.4, 0.5) is 10.5 Å². The second-order valence-electron chi connectivity index (χ2n) is 11.5. The Morgan fingerprint density at radius 2 is 1.48 bits per heavy atom. The number of aliphatic carboxylic acids is 1. The highest BCUT2D eigenvalue weighted by Gasteiger charge is 2.27. The van der Waals surface area contributed by atoms with Crippen molar-refractivity contribution in [2.24, 2.45) is 11.7 Å². The van der Waals surface area contributed by atoms with E-state index in [1.165, 1.54) is 12.2 Å². The van der Waals surface area contributed by atoms with Crippen LogP contribution in [-0.2, 0) is 44.9 Å². The standard InChI is InChI=1S/C32H44N6O10/c1-20(2)31(46)48-19-21-9-11-22(12-10-21)35-29(44)23(7-6-17-34-32(33)47)37-30(45)24(13-16-28(42)43)36-25(39)8-4-3-5-18-38-26(40)14-15-27(38)41/h9-12,14-15,20,23-24H,3-8,13,16-19H2,1-2H3,(H,35,44)(H,36,39)(H,37,45)(H,42,43)(H3,33,34,47)/t23-,24-/m0/s1. The Morgan fingerprint density at radius 3 is 2.08 bits per heavy atom. The molecule has 1 aliphatic heterocycles. The van der Waals surface area contributed by atoms with Crippen LogP contribution in [0, 0.1) is 5.92 Å². The largest absolute Gasteiger partial charge is 0.481 e. The fourth-order valence-corrected chi connectivity index (χ4v) is 4.48. The second kappa shape index (κ2) is 20.1. The predicted octanol–water partition coefficient (Wildman–Crippen LogP) is 1.09. The molecule has 0 saturated heterocycles. The molecule has 7 N–H and O–H groups in total. The normalized spacial score (nSPS) is 13.5. The van der Waals surface area contributed by atoms with E-state index in [0.29, 0.717) is 30.5 Å². The van der Waals surface area contributed by atoms with Gasteiger partial charge in [0.2, 0.25) is 17.7 Å². The quantitative estimate of drug-likeness (QED) is 0.0617. The molecule has 0 spiro atoms. The first kappa shape index (κ1) is 38.9. The third-order valence-corrected chi connectivity index (χ3v) is 7.16. The first-order chi connectivity index (χ1) is 22.8. The number of nitrogens with two attached hydrogens (primary N) is 1. The maximum absolute atomic E-state index is 13.3. The van der Waals surface area contributed by atoms with Gasteiger partial charge in [0.1, 0.15) is 18.7 Å². The molecule has 0 bridgehead atoms. The number of ether oxygens (including phenoxy) is 1. The summed E-state index contributed by atoms with van der Waals surface area (Å²) in [4.78, 5) is 97.7. The Bertz CT molecular complexity index is 1340. The number of nitrogens with zero attached hydrogens (tertiary/aromatic N) is 1. The van der Waals surface area contributed by atoms with E-state index in [-0.39, 0.29) is 69.1 Å². The van der Waals surface area contributed by atoms with Gasteiger partial charge < -0.3 is 36.8 Å². The summed E-state index contributed by atoms with van der Waals surface area (Å²) in [6.45, 7) is 3.82. The number of imide groups is 1. The van der Waals surface area contributed by atoms with Crippen molar-refractivity contribution in [2.75, 3.05) is 18.4 Å². The number of carboxylic acids is 1. The van der Waals surface area contributed by atoms with Gasteiger partial charge in [0, 0.05) is 43.8 Å². The zero-order chi connectivity index (χ0) is 35.6. The molecule has 0 unspecified atom stereocenters. The number of esters is 1. The number of primary amides is 1. The van der Waals surface area contributed by atoms with Gasteiger partial charge in [-0.2, -0.15) is 0 Å². The molecule has 7 amide bonds. The molecule has 0 aromatic heterocycles. The van der Waals surface area contributed by atoms with Crippen LogP contribution >= 0.6 is 0 Å². The lowest BCUT2D eigenvalue weighted by molar-refractivity contribution is -0.148. The monoisotopic (exact) mass is 672 g/mol. The first-order valence-corrected chi connectivity index (χ1v) is 15.7. The average Bonchev–Trinajstić information content (AvgIpc) is 3.35. The van der Waals surface area contributed by atoms with E-state index in [4.69, 9.17) is 10.5 Å². The number of urea groups is 1. The maximum atomic E-state index is 13.3. The van der Waals surface area contributed by atoms with Crippen molar-refractivity contribution >= 4 is 53.2 Å². The van der Waals surface area contributed by atoms with Crippen LogP contribution in [0.1, 0.15) is 70.8 Å². The van der Waals surface area contributed by atoms with Gasteiger partial charge in [-0.3, -0.25) is 38.5 Å². The Balaban J connectivity index is 2.00. The molecule has 48 heavy (non-hydrogen) atoms. The van der Waals surface area contributed by atoms with E-state index in [1.807, 2.05) is 0 Å². The highest BCUT2D eigenvalue weighted by Crippen LogP contribution is 2.14. The molecule has 16 nitrogen and oxygen atoms in total. The van der Waals surface area contributed by atoms with Crippen LogP contribution < -0.4 is 27.0 Å². The molecule has 0 radical (unpaired) electrons. The molecule has 1 aromatic rings. The molecule has 262 valence electrons.